The van der Waals surface area contributed by atoms with E-state index in [4.69, 9.17) is 9.15 Å². The zero-order valence-electron chi connectivity index (χ0n) is 17.5. The van der Waals surface area contributed by atoms with E-state index in [-0.39, 0.29) is 5.69 Å². The van der Waals surface area contributed by atoms with Crippen LogP contribution in [0.15, 0.2) is 41.0 Å². The largest absolute Gasteiger partial charge is 0.464 e. The van der Waals surface area contributed by atoms with E-state index in [2.05, 4.69) is 52.0 Å². The lowest BCUT2D eigenvalue weighted by Gasteiger charge is -2.50. The number of oxazole rings is 1. The highest BCUT2D eigenvalue weighted by Crippen LogP contribution is 2.45. The Bertz CT molecular complexity index is 812. The summed E-state index contributed by atoms with van der Waals surface area (Å²) in [5.74, 6) is 0.750. The number of rotatable bonds is 5. The van der Waals surface area contributed by atoms with E-state index in [9.17, 15) is 4.79 Å². The third-order valence-electron chi connectivity index (χ3n) is 6.66. The van der Waals surface area contributed by atoms with Gasteiger partial charge < -0.3 is 14.1 Å². The number of nitrogens with zero attached hydrogens (tertiary/aromatic N) is 3. The Labute approximate surface area is 172 Å². The molecule has 1 unspecified atom stereocenters. The Morgan fingerprint density at radius 3 is 2.69 bits per heavy atom. The van der Waals surface area contributed by atoms with Crippen LogP contribution in [0, 0.1) is 5.41 Å². The molecule has 2 aliphatic rings. The number of carbonyl (C=O) groups excluding carboxylic acids is 1. The average Bonchev–Trinajstić information content (AvgIpc) is 3.24. The second-order valence-corrected chi connectivity index (χ2v) is 8.53. The van der Waals surface area contributed by atoms with Gasteiger partial charge >= 0.3 is 5.97 Å². The summed E-state index contributed by atoms with van der Waals surface area (Å²) < 4.78 is 10.2. The van der Waals surface area contributed by atoms with Gasteiger partial charge in [0.1, 0.15) is 6.26 Å². The molecule has 1 aromatic heterocycles. The molecule has 0 amide bonds. The van der Waals surface area contributed by atoms with Gasteiger partial charge in [0.15, 0.2) is 5.69 Å². The van der Waals surface area contributed by atoms with Gasteiger partial charge in [-0.25, -0.2) is 9.78 Å². The highest BCUT2D eigenvalue weighted by molar-refractivity contribution is 5.86. The molecule has 2 aliphatic heterocycles. The van der Waals surface area contributed by atoms with Gasteiger partial charge in [-0.3, -0.25) is 4.90 Å². The first-order valence-electron chi connectivity index (χ1n) is 10.6. The first-order chi connectivity index (χ1) is 14.1. The SMILES string of the molecule is CCN1CC(c2ccccc2)CC2(CCN(Cc3nc(C(=O)OC)co3)CC2)C1. The van der Waals surface area contributed by atoms with Crippen molar-refractivity contribution in [3.05, 3.63) is 53.7 Å². The Hall–Kier alpha value is -2.18. The van der Waals surface area contributed by atoms with Crippen molar-refractivity contribution in [2.75, 3.05) is 39.8 Å². The Morgan fingerprint density at radius 2 is 2.00 bits per heavy atom. The molecule has 1 aromatic carbocycles. The minimum absolute atomic E-state index is 0.243. The number of esters is 1. The van der Waals surface area contributed by atoms with Crippen LogP contribution in [0.25, 0.3) is 0 Å². The predicted octanol–water partition coefficient (Wildman–Crippen LogP) is 3.55. The van der Waals surface area contributed by atoms with Gasteiger partial charge in [0.05, 0.1) is 13.7 Å². The van der Waals surface area contributed by atoms with Crippen LogP contribution in [-0.2, 0) is 11.3 Å². The number of likely N-dealkylation sites (N-methyl/N-ethyl adjacent to an activating group) is 1. The molecule has 6 nitrogen and oxygen atoms in total. The number of likely N-dealkylation sites (tertiary alicyclic amines) is 2. The molecule has 156 valence electrons. The molecule has 0 N–H and O–H groups in total. The monoisotopic (exact) mass is 397 g/mol. The highest BCUT2D eigenvalue weighted by Gasteiger charge is 2.42. The molecule has 29 heavy (non-hydrogen) atoms. The number of piperidine rings is 2. The summed E-state index contributed by atoms with van der Waals surface area (Å²) in [6.07, 6.45) is 5.04. The number of aromatic nitrogens is 1. The van der Waals surface area contributed by atoms with Gasteiger partial charge in [-0.1, -0.05) is 37.3 Å². The summed E-state index contributed by atoms with van der Waals surface area (Å²) >= 11 is 0. The van der Waals surface area contributed by atoms with E-state index in [1.54, 1.807) is 0 Å². The normalized spacial score (nSPS) is 22.6. The second kappa shape index (κ2) is 8.67. The lowest BCUT2D eigenvalue weighted by atomic mass is 9.68. The second-order valence-electron chi connectivity index (χ2n) is 8.53. The Kier molecular flexibility index (Phi) is 6.01. The van der Waals surface area contributed by atoms with Crippen molar-refractivity contribution >= 4 is 5.97 Å². The third-order valence-corrected chi connectivity index (χ3v) is 6.66. The van der Waals surface area contributed by atoms with E-state index >= 15 is 0 Å². The van der Waals surface area contributed by atoms with Crippen LogP contribution in [0.1, 0.15) is 54.0 Å². The van der Waals surface area contributed by atoms with E-state index in [0.29, 0.717) is 23.8 Å². The fraction of sp³-hybridized carbons (Fsp3) is 0.565. The van der Waals surface area contributed by atoms with Gasteiger partial charge in [0.25, 0.3) is 0 Å². The number of methoxy groups -OCH3 is 1. The molecular weight excluding hydrogens is 366 g/mol. The number of hydrogen-bond donors (Lipinski definition) is 0. The van der Waals surface area contributed by atoms with E-state index in [1.807, 2.05) is 0 Å². The van der Waals surface area contributed by atoms with E-state index in [0.717, 1.165) is 19.6 Å². The lowest BCUT2D eigenvalue weighted by Crippen LogP contribution is -2.51. The first kappa shape index (κ1) is 20.1. The Morgan fingerprint density at radius 1 is 1.24 bits per heavy atom. The van der Waals surface area contributed by atoms with Crippen LogP contribution in [0.4, 0.5) is 0 Å². The summed E-state index contributed by atoms with van der Waals surface area (Å²) in [4.78, 5) is 20.9. The maximum Gasteiger partial charge on any atom is 0.360 e. The zero-order valence-corrected chi connectivity index (χ0v) is 17.5. The van der Waals surface area contributed by atoms with Gasteiger partial charge in [-0.2, -0.15) is 0 Å². The van der Waals surface area contributed by atoms with Crippen LogP contribution >= 0.6 is 0 Å². The number of hydrogen-bond acceptors (Lipinski definition) is 6. The summed E-state index contributed by atoms with van der Waals surface area (Å²) in [5.41, 5.74) is 2.11. The quantitative estimate of drug-likeness (QED) is 0.719. The summed E-state index contributed by atoms with van der Waals surface area (Å²) in [5, 5.41) is 0. The van der Waals surface area contributed by atoms with Gasteiger partial charge in [-0.15, -0.1) is 0 Å². The maximum absolute atomic E-state index is 11.6. The average molecular weight is 398 g/mol. The topological polar surface area (TPSA) is 58.8 Å². The van der Waals surface area contributed by atoms with Crippen LogP contribution in [0.5, 0.6) is 0 Å². The molecule has 0 saturated carbocycles. The Balaban J connectivity index is 1.39. The van der Waals surface area contributed by atoms with E-state index in [1.165, 1.54) is 51.3 Å². The first-order valence-corrected chi connectivity index (χ1v) is 10.6. The molecule has 1 spiro atoms. The van der Waals surface area contributed by atoms with Crippen LogP contribution < -0.4 is 0 Å². The molecule has 2 saturated heterocycles. The molecule has 3 heterocycles. The molecule has 1 atom stereocenters. The molecule has 2 aromatic rings. The van der Waals surface area contributed by atoms with Gasteiger partial charge in [-0.05, 0) is 55.8 Å². The summed E-state index contributed by atoms with van der Waals surface area (Å²) in [7, 11) is 1.35. The van der Waals surface area contributed by atoms with Crippen molar-refractivity contribution in [2.24, 2.45) is 5.41 Å². The fourth-order valence-corrected chi connectivity index (χ4v) is 5.01. The van der Waals surface area contributed by atoms with Crippen molar-refractivity contribution in [1.29, 1.82) is 0 Å². The standard InChI is InChI=1S/C23H31N3O3/c1-3-25-14-19(18-7-5-4-6-8-18)13-23(17-25)9-11-26(12-10-23)15-21-24-20(16-29-21)22(27)28-2/h4-8,16,19H,3,9-15,17H2,1-2H3. The molecule has 6 heteroatoms. The van der Waals surface area contributed by atoms with E-state index < -0.39 is 5.97 Å². The number of benzene rings is 1. The molecule has 4 rings (SSSR count). The number of carbonyl (C=O) groups is 1. The maximum atomic E-state index is 11.6. The van der Waals surface area contributed by atoms with Crippen molar-refractivity contribution < 1.29 is 13.9 Å². The molecule has 0 radical (unpaired) electrons. The van der Waals surface area contributed by atoms with Gasteiger partial charge in [0, 0.05) is 13.1 Å². The molecule has 0 aliphatic carbocycles. The van der Waals surface area contributed by atoms with Crippen molar-refractivity contribution in [1.82, 2.24) is 14.8 Å². The zero-order chi connectivity index (χ0) is 20.3. The minimum atomic E-state index is -0.452. The number of ether oxygens (including phenoxy) is 1. The fourth-order valence-electron chi connectivity index (χ4n) is 5.01. The van der Waals surface area contributed by atoms with Crippen molar-refractivity contribution in [3.8, 4) is 0 Å². The molecule has 0 bridgehead atoms. The predicted molar refractivity (Wildman–Crippen MR) is 111 cm³/mol. The van der Waals surface area contributed by atoms with Crippen LogP contribution in [0.2, 0.25) is 0 Å². The summed E-state index contributed by atoms with van der Waals surface area (Å²) in [6, 6.07) is 11.0. The van der Waals surface area contributed by atoms with Crippen molar-refractivity contribution in [2.45, 2.75) is 38.6 Å². The van der Waals surface area contributed by atoms with Crippen molar-refractivity contribution in [3.63, 3.8) is 0 Å². The minimum Gasteiger partial charge on any atom is -0.464 e. The smallest absolute Gasteiger partial charge is 0.360 e. The van der Waals surface area contributed by atoms with Gasteiger partial charge in [0.2, 0.25) is 5.89 Å². The molecular formula is C23H31N3O3. The summed E-state index contributed by atoms with van der Waals surface area (Å²) in [6.45, 7) is 8.47. The lowest BCUT2D eigenvalue weighted by molar-refractivity contribution is 0.0118. The highest BCUT2D eigenvalue weighted by atomic mass is 16.5. The van der Waals surface area contributed by atoms with Crippen LogP contribution in [-0.4, -0.2) is 60.6 Å². The van der Waals surface area contributed by atoms with Crippen LogP contribution in [0.3, 0.4) is 0 Å². The molecule has 2 fully saturated rings. The third kappa shape index (κ3) is 4.54.